The van der Waals surface area contributed by atoms with Crippen LogP contribution in [0.2, 0.25) is 5.02 Å². The van der Waals surface area contributed by atoms with Crippen molar-refractivity contribution in [3.8, 4) is 17.2 Å². The van der Waals surface area contributed by atoms with Gasteiger partial charge in [-0.2, -0.15) is 0 Å². The molecule has 3 aromatic carbocycles. The number of aliphatic hydroxyl groups excluding tert-OH is 1. The van der Waals surface area contributed by atoms with E-state index in [0.717, 1.165) is 21.4 Å². The average molecular weight is 675 g/mol. The molecule has 0 radical (unpaired) electrons. The molecule has 11 heteroatoms. The molecule has 4 aromatic rings. The first-order chi connectivity index (χ1) is 22.6. The van der Waals surface area contributed by atoms with Gasteiger partial charge in [0, 0.05) is 64.9 Å². The summed E-state index contributed by atoms with van der Waals surface area (Å²) in [6.07, 6.45) is 4.25. The van der Waals surface area contributed by atoms with Crippen molar-refractivity contribution in [1.82, 2.24) is 10.3 Å². The number of aromatic nitrogens is 1. The number of methoxy groups -OCH3 is 2. The van der Waals surface area contributed by atoms with E-state index in [2.05, 4.69) is 10.3 Å². The second-order valence-corrected chi connectivity index (χ2v) is 13.0. The minimum Gasteiger partial charge on any atom is -0.507 e. The van der Waals surface area contributed by atoms with Gasteiger partial charge in [0.15, 0.2) is 17.3 Å². The Morgan fingerprint density at radius 2 is 1.87 bits per heavy atom. The van der Waals surface area contributed by atoms with Crippen molar-refractivity contribution in [2.24, 2.45) is 5.92 Å². The van der Waals surface area contributed by atoms with E-state index < -0.39 is 29.0 Å². The van der Waals surface area contributed by atoms with Gasteiger partial charge in [-0.1, -0.05) is 48.9 Å². The molecule has 47 heavy (non-hydrogen) atoms. The number of fused-ring (bicyclic) bond motifs is 2. The largest absolute Gasteiger partial charge is 0.507 e. The average Bonchev–Trinajstić information content (AvgIpc) is 3.63. The van der Waals surface area contributed by atoms with E-state index in [1.807, 2.05) is 61.0 Å². The van der Waals surface area contributed by atoms with Gasteiger partial charge in [0.1, 0.15) is 22.1 Å². The van der Waals surface area contributed by atoms with E-state index in [1.54, 1.807) is 18.7 Å². The SMILES string of the molecule is COc1cc(OC)c2c(c1Cl)OC1(C2=O)C(O)=C(C(CC(=O)NCCc2c[nH]c3ccccc23)c2ccc(SC)cc2)C(=O)CC1C. The van der Waals surface area contributed by atoms with Crippen molar-refractivity contribution in [1.29, 1.82) is 0 Å². The molecule has 0 saturated carbocycles. The van der Waals surface area contributed by atoms with Gasteiger partial charge in [0.2, 0.25) is 17.3 Å². The quantitative estimate of drug-likeness (QED) is 0.156. The molecular formula is C36H35ClN2O7S. The zero-order valence-corrected chi connectivity index (χ0v) is 28.0. The van der Waals surface area contributed by atoms with E-state index in [1.165, 1.54) is 20.3 Å². The van der Waals surface area contributed by atoms with Crippen molar-refractivity contribution < 1.29 is 33.7 Å². The molecule has 9 nitrogen and oxygen atoms in total. The maximum Gasteiger partial charge on any atom is 0.231 e. The minimum atomic E-state index is -1.95. The number of aromatic amines is 1. The van der Waals surface area contributed by atoms with Crippen LogP contribution in [0.3, 0.4) is 0 Å². The summed E-state index contributed by atoms with van der Waals surface area (Å²) in [5.41, 5.74) is 0.821. The highest BCUT2D eigenvalue weighted by Crippen LogP contribution is 2.55. The molecule has 244 valence electrons. The van der Waals surface area contributed by atoms with Crippen LogP contribution in [-0.4, -0.2) is 60.2 Å². The van der Waals surface area contributed by atoms with Crippen LogP contribution in [-0.2, 0) is 16.0 Å². The molecular weight excluding hydrogens is 640 g/mol. The fraction of sp³-hybridized carbons (Fsp3) is 0.306. The molecule has 1 aromatic heterocycles. The molecule has 0 saturated heterocycles. The van der Waals surface area contributed by atoms with Crippen molar-refractivity contribution in [2.45, 2.75) is 42.6 Å². The predicted molar refractivity (Wildman–Crippen MR) is 181 cm³/mol. The van der Waals surface area contributed by atoms with Gasteiger partial charge in [-0.3, -0.25) is 14.4 Å². The van der Waals surface area contributed by atoms with Crippen LogP contribution in [0.15, 0.2) is 77.0 Å². The Morgan fingerprint density at radius 1 is 1.15 bits per heavy atom. The molecule has 1 aliphatic heterocycles. The lowest BCUT2D eigenvalue weighted by Crippen LogP contribution is -2.53. The highest BCUT2D eigenvalue weighted by Gasteiger charge is 2.61. The van der Waals surface area contributed by atoms with Gasteiger partial charge < -0.3 is 29.6 Å². The maximum atomic E-state index is 14.3. The summed E-state index contributed by atoms with van der Waals surface area (Å²) in [7, 11) is 2.83. The molecule has 1 spiro atoms. The van der Waals surface area contributed by atoms with Crippen LogP contribution in [0.5, 0.6) is 17.2 Å². The Morgan fingerprint density at radius 3 is 2.57 bits per heavy atom. The molecule has 3 unspecified atom stereocenters. The number of hydrogen-bond acceptors (Lipinski definition) is 8. The zero-order valence-electron chi connectivity index (χ0n) is 26.4. The molecule has 0 fully saturated rings. The summed E-state index contributed by atoms with van der Waals surface area (Å²) < 4.78 is 17.2. The number of rotatable bonds is 10. The molecule has 2 heterocycles. The number of hydrogen-bond donors (Lipinski definition) is 3. The van der Waals surface area contributed by atoms with Gasteiger partial charge in [-0.15, -0.1) is 11.8 Å². The second kappa shape index (κ2) is 13.0. The first-order valence-electron chi connectivity index (χ1n) is 15.2. The number of amides is 1. The highest BCUT2D eigenvalue weighted by atomic mass is 35.5. The number of carbonyl (C=O) groups excluding carboxylic acids is 3. The fourth-order valence-electron chi connectivity index (χ4n) is 6.69. The van der Waals surface area contributed by atoms with Crippen LogP contribution in [0, 0.1) is 5.92 Å². The van der Waals surface area contributed by atoms with E-state index in [-0.39, 0.29) is 57.9 Å². The topological polar surface area (TPSA) is 127 Å². The predicted octanol–water partition coefficient (Wildman–Crippen LogP) is 6.83. The number of aliphatic hydroxyl groups is 1. The summed E-state index contributed by atoms with van der Waals surface area (Å²) in [4.78, 5) is 45.9. The maximum absolute atomic E-state index is 14.3. The Bertz CT molecular complexity index is 1920. The lowest BCUT2D eigenvalue weighted by Gasteiger charge is -2.38. The van der Waals surface area contributed by atoms with Crippen molar-refractivity contribution in [3.05, 3.63) is 93.8 Å². The van der Waals surface area contributed by atoms with Gasteiger partial charge in [-0.25, -0.2) is 0 Å². The molecule has 1 amide bonds. The number of H-pyrrole nitrogens is 1. The monoisotopic (exact) mass is 674 g/mol. The highest BCUT2D eigenvalue weighted by molar-refractivity contribution is 7.98. The van der Waals surface area contributed by atoms with Gasteiger partial charge in [0.25, 0.3) is 0 Å². The molecule has 1 aliphatic carbocycles. The summed E-state index contributed by atoms with van der Waals surface area (Å²) in [5.74, 6) is -2.98. The fourth-order valence-corrected chi connectivity index (χ4v) is 7.37. The first kappa shape index (κ1) is 32.5. The number of Topliss-reactive ketones (excluding diaryl/α,β-unsaturated/α-hetero) is 2. The van der Waals surface area contributed by atoms with Crippen LogP contribution >= 0.6 is 23.4 Å². The number of nitrogens with one attached hydrogen (secondary N) is 2. The zero-order chi connectivity index (χ0) is 33.5. The van der Waals surface area contributed by atoms with E-state index in [0.29, 0.717) is 18.5 Å². The van der Waals surface area contributed by atoms with Crippen LogP contribution in [0.4, 0.5) is 0 Å². The summed E-state index contributed by atoms with van der Waals surface area (Å²) in [6, 6.07) is 16.9. The Labute approximate surface area is 281 Å². The van der Waals surface area contributed by atoms with Crippen molar-refractivity contribution in [3.63, 3.8) is 0 Å². The van der Waals surface area contributed by atoms with Crippen molar-refractivity contribution >= 4 is 51.7 Å². The molecule has 3 N–H and O–H groups in total. The van der Waals surface area contributed by atoms with Crippen molar-refractivity contribution in [2.75, 3.05) is 27.0 Å². The van der Waals surface area contributed by atoms with Crippen LogP contribution in [0.1, 0.15) is 47.2 Å². The van der Waals surface area contributed by atoms with Crippen LogP contribution in [0.25, 0.3) is 10.9 Å². The number of para-hydroxylation sites is 1. The number of allylic oxidation sites excluding steroid dienone is 1. The van der Waals surface area contributed by atoms with E-state index >= 15 is 0 Å². The van der Waals surface area contributed by atoms with Gasteiger partial charge in [-0.05, 0) is 42.0 Å². The Hall–Kier alpha value is -4.41. The standard InChI is InChI=1S/C36H35ClN2O7S/c1-19-15-26(40)30(34(42)36(19)35(43)31-27(44-2)17-28(45-3)32(37)33(31)46-36)24(20-9-11-22(47-4)12-10-20)16-29(41)38-14-13-21-18-39-25-8-6-5-7-23(21)25/h5-12,17-19,24,39,42H,13-16H2,1-4H3,(H,38,41). The molecule has 0 bridgehead atoms. The number of ketones is 2. The smallest absolute Gasteiger partial charge is 0.231 e. The molecule has 2 aliphatic rings. The molecule has 6 rings (SSSR count). The lowest BCUT2D eigenvalue weighted by molar-refractivity contribution is -0.121. The second-order valence-electron chi connectivity index (χ2n) is 11.7. The third-order valence-electron chi connectivity index (χ3n) is 9.16. The summed E-state index contributed by atoms with van der Waals surface area (Å²) >= 11 is 8.16. The van der Waals surface area contributed by atoms with E-state index in [4.69, 9.17) is 25.8 Å². The normalized spacial score (nSPS) is 19.6. The number of benzene rings is 3. The lowest BCUT2D eigenvalue weighted by atomic mass is 9.69. The Balaban J connectivity index is 1.36. The Kier molecular flexibility index (Phi) is 9.00. The number of halogens is 1. The summed E-state index contributed by atoms with van der Waals surface area (Å²) in [6.45, 7) is 2.04. The number of ether oxygens (including phenoxy) is 3. The third-order valence-corrected chi connectivity index (χ3v) is 10.3. The molecule has 3 atom stereocenters. The summed E-state index contributed by atoms with van der Waals surface area (Å²) in [5, 5.41) is 16.2. The first-order valence-corrected chi connectivity index (χ1v) is 16.9. The van der Waals surface area contributed by atoms with Gasteiger partial charge >= 0.3 is 0 Å². The third kappa shape index (κ3) is 5.53. The minimum absolute atomic E-state index is 0.0101. The number of carbonyl (C=O) groups is 3. The van der Waals surface area contributed by atoms with Crippen LogP contribution < -0.4 is 19.5 Å². The van der Waals surface area contributed by atoms with E-state index in [9.17, 15) is 19.5 Å². The van der Waals surface area contributed by atoms with Gasteiger partial charge in [0.05, 0.1) is 14.2 Å². The number of thioether (sulfide) groups is 1.